The minimum Gasteiger partial charge on any atom is -0.360 e. The van der Waals surface area contributed by atoms with Crippen LogP contribution in [-0.2, 0) is 0 Å². The molecule has 0 bridgehead atoms. The highest BCUT2D eigenvalue weighted by atomic mass is 16.2. The Bertz CT molecular complexity index is 550. The lowest BCUT2D eigenvalue weighted by molar-refractivity contribution is 0.0763. The molecular formula is C15H18N2O. The van der Waals surface area contributed by atoms with Gasteiger partial charge in [0.15, 0.2) is 0 Å². The van der Waals surface area contributed by atoms with Gasteiger partial charge >= 0.3 is 0 Å². The number of amides is 1. The second-order valence-electron chi connectivity index (χ2n) is 4.95. The fourth-order valence-electron chi connectivity index (χ4n) is 2.69. The molecule has 1 saturated heterocycles. The van der Waals surface area contributed by atoms with Gasteiger partial charge in [0, 0.05) is 30.2 Å². The van der Waals surface area contributed by atoms with Gasteiger partial charge in [-0.05, 0) is 18.9 Å². The fraction of sp³-hybridized carbons (Fsp3) is 0.400. The van der Waals surface area contributed by atoms with Crippen LogP contribution in [0.3, 0.4) is 0 Å². The van der Waals surface area contributed by atoms with Crippen LogP contribution in [0.15, 0.2) is 30.5 Å². The van der Waals surface area contributed by atoms with Gasteiger partial charge in [0.25, 0.3) is 5.91 Å². The van der Waals surface area contributed by atoms with Crippen molar-refractivity contribution in [3.8, 4) is 0 Å². The van der Waals surface area contributed by atoms with E-state index in [1.165, 1.54) is 12.8 Å². The molecule has 94 valence electrons. The van der Waals surface area contributed by atoms with Gasteiger partial charge in [-0.25, -0.2) is 0 Å². The minimum atomic E-state index is 0.175. The number of benzene rings is 1. The smallest absolute Gasteiger partial charge is 0.256 e. The molecule has 2 heterocycles. The number of hydrogen-bond acceptors (Lipinski definition) is 1. The predicted molar refractivity (Wildman–Crippen MR) is 72.7 cm³/mol. The molecule has 3 nitrogen and oxygen atoms in total. The Morgan fingerprint density at radius 1 is 1.06 bits per heavy atom. The van der Waals surface area contributed by atoms with Crippen molar-refractivity contribution in [3.05, 3.63) is 36.0 Å². The molecule has 1 aliphatic rings. The molecule has 0 saturated carbocycles. The Balaban J connectivity index is 1.91. The summed E-state index contributed by atoms with van der Waals surface area (Å²) in [5.41, 5.74) is 1.85. The van der Waals surface area contributed by atoms with Crippen LogP contribution in [0.25, 0.3) is 10.9 Å². The maximum Gasteiger partial charge on any atom is 0.256 e. The summed E-state index contributed by atoms with van der Waals surface area (Å²) < 4.78 is 0. The number of nitrogens with one attached hydrogen (secondary N) is 1. The molecule has 18 heavy (non-hydrogen) atoms. The van der Waals surface area contributed by atoms with Crippen molar-refractivity contribution in [3.63, 3.8) is 0 Å². The molecule has 0 aliphatic carbocycles. The molecule has 0 atom stereocenters. The third kappa shape index (κ3) is 2.01. The number of nitrogens with zero attached hydrogens (tertiary/aromatic N) is 1. The summed E-state index contributed by atoms with van der Waals surface area (Å²) in [6.07, 6.45) is 6.61. The van der Waals surface area contributed by atoms with Crippen LogP contribution in [0.5, 0.6) is 0 Å². The first-order valence-corrected chi connectivity index (χ1v) is 6.71. The Morgan fingerprint density at radius 2 is 1.78 bits per heavy atom. The molecule has 1 aliphatic heterocycles. The summed E-state index contributed by atoms with van der Waals surface area (Å²) in [7, 11) is 0. The molecule has 0 radical (unpaired) electrons. The minimum absolute atomic E-state index is 0.175. The number of H-pyrrole nitrogens is 1. The fourth-order valence-corrected chi connectivity index (χ4v) is 2.69. The van der Waals surface area contributed by atoms with Crippen LogP contribution in [-0.4, -0.2) is 28.9 Å². The standard InChI is InChI=1S/C15H18N2O/c18-15(17-9-5-1-2-6-10-17)13-11-16-14-8-4-3-7-12(13)14/h3-4,7-8,11,16H,1-2,5-6,9-10H2. The summed E-state index contributed by atoms with van der Waals surface area (Å²) in [5.74, 6) is 0.175. The predicted octanol–water partition coefficient (Wildman–Crippen LogP) is 3.18. The van der Waals surface area contributed by atoms with Gasteiger partial charge in [-0.2, -0.15) is 0 Å². The maximum absolute atomic E-state index is 12.5. The Labute approximate surface area is 107 Å². The lowest BCUT2D eigenvalue weighted by Crippen LogP contribution is -2.31. The molecule has 1 aromatic carbocycles. The average Bonchev–Trinajstić information content (AvgIpc) is 2.65. The summed E-state index contributed by atoms with van der Waals surface area (Å²) in [6.45, 7) is 1.80. The van der Waals surface area contributed by atoms with E-state index in [-0.39, 0.29) is 5.91 Å². The monoisotopic (exact) mass is 242 g/mol. The third-order valence-electron chi connectivity index (χ3n) is 3.71. The molecular weight excluding hydrogens is 224 g/mol. The van der Waals surface area contributed by atoms with Gasteiger partial charge in [-0.1, -0.05) is 31.0 Å². The van der Waals surface area contributed by atoms with Gasteiger partial charge in [0.1, 0.15) is 0 Å². The lowest BCUT2D eigenvalue weighted by Gasteiger charge is -2.19. The first kappa shape index (κ1) is 11.3. The second kappa shape index (κ2) is 4.84. The zero-order valence-electron chi connectivity index (χ0n) is 10.5. The molecule has 1 N–H and O–H groups in total. The van der Waals surface area contributed by atoms with Crippen LogP contribution in [0, 0.1) is 0 Å². The van der Waals surface area contributed by atoms with Gasteiger partial charge in [0.2, 0.25) is 0 Å². The number of fused-ring (bicyclic) bond motifs is 1. The van der Waals surface area contributed by atoms with Crippen molar-refractivity contribution in [2.75, 3.05) is 13.1 Å². The van der Waals surface area contributed by atoms with E-state index in [0.29, 0.717) is 0 Å². The summed E-state index contributed by atoms with van der Waals surface area (Å²) in [5, 5.41) is 1.03. The number of para-hydroxylation sites is 1. The lowest BCUT2D eigenvalue weighted by atomic mass is 10.1. The van der Waals surface area contributed by atoms with E-state index < -0.39 is 0 Å². The van der Waals surface area contributed by atoms with Crippen LogP contribution < -0.4 is 0 Å². The molecule has 3 rings (SSSR count). The third-order valence-corrected chi connectivity index (χ3v) is 3.71. The summed E-state index contributed by atoms with van der Waals surface area (Å²) in [4.78, 5) is 17.7. The topological polar surface area (TPSA) is 36.1 Å². The van der Waals surface area contributed by atoms with Crippen molar-refractivity contribution in [2.45, 2.75) is 25.7 Å². The van der Waals surface area contributed by atoms with Gasteiger partial charge in [0.05, 0.1) is 5.56 Å². The van der Waals surface area contributed by atoms with Crippen molar-refractivity contribution in [1.82, 2.24) is 9.88 Å². The average molecular weight is 242 g/mol. The molecule has 1 amide bonds. The largest absolute Gasteiger partial charge is 0.360 e. The van der Waals surface area contributed by atoms with Crippen LogP contribution >= 0.6 is 0 Å². The van der Waals surface area contributed by atoms with Gasteiger partial charge in [-0.15, -0.1) is 0 Å². The number of hydrogen-bond donors (Lipinski definition) is 1. The molecule has 2 aromatic rings. The number of carbonyl (C=O) groups excluding carboxylic acids is 1. The highest BCUT2D eigenvalue weighted by Gasteiger charge is 2.19. The zero-order chi connectivity index (χ0) is 12.4. The van der Waals surface area contributed by atoms with E-state index in [2.05, 4.69) is 4.98 Å². The van der Waals surface area contributed by atoms with Crippen molar-refractivity contribution < 1.29 is 4.79 Å². The first-order chi connectivity index (χ1) is 8.86. The van der Waals surface area contributed by atoms with E-state index in [1.54, 1.807) is 0 Å². The highest BCUT2D eigenvalue weighted by molar-refractivity contribution is 6.06. The SMILES string of the molecule is O=C(c1c[nH]c2ccccc12)N1CCCCCC1. The molecule has 1 aromatic heterocycles. The van der Waals surface area contributed by atoms with E-state index in [9.17, 15) is 4.79 Å². The zero-order valence-corrected chi connectivity index (χ0v) is 10.5. The van der Waals surface area contributed by atoms with Crippen LogP contribution in [0.1, 0.15) is 36.0 Å². The maximum atomic E-state index is 12.5. The first-order valence-electron chi connectivity index (χ1n) is 6.71. The van der Waals surface area contributed by atoms with E-state index in [1.807, 2.05) is 35.4 Å². The van der Waals surface area contributed by atoms with Crippen LogP contribution in [0.2, 0.25) is 0 Å². The highest BCUT2D eigenvalue weighted by Crippen LogP contribution is 2.21. The molecule has 0 unspecified atom stereocenters. The van der Waals surface area contributed by atoms with E-state index in [0.717, 1.165) is 42.4 Å². The quantitative estimate of drug-likeness (QED) is 0.819. The number of aromatic amines is 1. The van der Waals surface area contributed by atoms with Crippen molar-refractivity contribution in [2.24, 2.45) is 0 Å². The van der Waals surface area contributed by atoms with Gasteiger partial charge in [-0.3, -0.25) is 4.79 Å². The number of likely N-dealkylation sites (tertiary alicyclic amines) is 1. The van der Waals surface area contributed by atoms with E-state index >= 15 is 0 Å². The van der Waals surface area contributed by atoms with Gasteiger partial charge < -0.3 is 9.88 Å². The van der Waals surface area contributed by atoms with Crippen molar-refractivity contribution in [1.29, 1.82) is 0 Å². The Hall–Kier alpha value is -1.77. The normalized spacial score (nSPS) is 16.8. The number of carbonyl (C=O) groups is 1. The summed E-state index contributed by atoms with van der Waals surface area (Å²) in [6, 6.07) is 7.99. The Kier molecular flexibility index (Phi) is 3.05. The summed E-state index contributed by atoms with van der Waals surface area (Å²) >= 11 is 0. The van der Waals surface area contributed by atoms with Crippen LogP contribution in [0.4, 0.5) is 0 Å². The van der Waals surface area contributed by atoms with E-state index in [4.69, 9.17) is 0 Å². The Morgan fingerprint density at radius 3 is 2.56 bits per heavy atom. The number of aromatic nitrogens is 1. The second-order valence-corrected chi connectivity index (χ2v) is 4.95. The van der Waals surface area contributed by atoms with Crippen molar-refractivity contribution >= 4 is 16.8 Å². The number of rotatable bonds is 1. The molecule has 0 spiro atoms. The molecule has 1 fully saturated rings. The molecule has 3 heteroatoms.